The molecule has 4 nitrogen and oxygen atoms in total. The quantitative estimate of drug-likeness (QED) is 0.825. The first kappa shape index (κ1) is 15.5. The summed E-state index contributed by atoms with van der Waals surface area (Å²) >= 11 is 0. The van der Waals surface area contributed by atoms with Crippen LogP contribution in [0.5, 0.6) is 23.0 Å². The van der Waals surface area contributed by atoms with E-state index in [0.717, 1.165) is 28.6 Å². The third kappa shape index (κ3) is 2.93. The van der Waals surface area contributed by atoms with E-state index in [-0.39, 0.29) is 12.7 Å². The molecule has 0 saturated heterocycles. The lowest BCUT2D eigenvalue weighted by molar-refractivity contribution is 0.174. The van der Waals surface area contributed by atoms with E-state index in [9.17, 15) is 0 Å². The summed E-state index contributed by atoms with van der Waals surface area (Å²) in [5, 5.41) is 0. The van der Waals surface area contributed by atoms with Gasteiger partial charge in [0, 0.05) is 17.5 Å². The van der Waals surface area contributed by atoms with Gasteiger partial charge in [-0.3, -0.25) is 0 Å². The SMILES string of the molecule is CCOc1ccc([C@H](C)c2cc3c(cc2OC)OCO3)c(C)c1. The van der Waals surface area contributed by atoms with Gasteiger partial charge in [0.05, 0.1) is 13.7 Å². The van der Waals surface area contributed by atoms with Gasteiger partial charge in [-0.2, -0.15) is 0 Å². The average molecular weight is 314 g/mol. The van der Waals surface area contributed by atoms with Crippen LogP contribution in [0.15, 0.2) is 30.3 Å². The third-order valence-corrected chi connectivity index (χ3v) is 4.21. The van der Waals surface area contributed by atoms with E-state index in [0.29, 0.717) is 6.61 Å². The van der Waals surface area contributed by atoms with Crippen LogP contribution in [-0.4, -0.2) is 20.5 Å². The monoisotopic (exact) mass is 314 g/mol. The maximum absolute atomic E-state index is 5.57. The van der Waals surface area contributed by atoms with Crippen molar-refractivity contribution >= 4 is 0 Å². The van der Waals surface area contributed by atoms with Crippen molar-refractivity contribution in [2.75, 3.05) is 20.5 Å². The van der Waals surface area contributed by atoms with Crippen molar-refractivity contribution in [2.45, 2.75) is 26.7 Å². The standard InChI is InChI=1S/C19H22O4/c1-5-21-14-6-7-15(12(2)8-14)13(3)16-9-18-19(23-11-22-18)10-17(16)20-4/h6-10,13H,5,11H2,1-4H3/t13-/m0/s1. The van der Waals surface area contributed by atoms with E-state index in [1.54, 1.807) is 7.11 Å². The summed E-state index contributed by atoms with van der Waals surface area (Å²) in [5.41, 5.74) is 3.53. The van der Waals surface area contributed by atoms with Crippen LogP contribution >= 0.6 is 0 Å². The molecule has 0 aliphatic carbocycles. The second kappa shape index (κ2) is 6.41. The van der Waals surface area contributed by atoms with Crippen LogP contribution in [0.4, 0.5) is 0 Å². The molecule has 1 aliphatic rings. The predicted octanol–water partition coefficient (Wildman–Crippen LogP) is 4.28. The Bertz CT molecular complexity index is 709. The molecule has 0 N–H and O–H groups in total. The summed E-state index contributed by atoms with van der Waals surface area (Å²) in [5.74, 6) is 3.40. The molecule has 2 aromatic carbocycles. The second-order valence-corrected chi connectivity index (χ2v) is 5.62. The number of ether oxygens (including phenoxy) is 4. The van der Waals surface area contributed by atoms with E-state index in [4.69, 9.17) is 18.9 Å². The van der Waals surface area contributed by atoms with E-state index in [2.05, 4.69) is 26.0 Å². The zero-order valence-electron chi connectivity index (χ0n) is 14.0. The van der Waals surface area contributed by atoms with Crippen LogP contribution in [-0.2, 0) is 0 Å². The Morgan fingerprint density at radius 2 is 1.83 bits per heavy atom. The minimum absolute atomic E-state index is 0.176. The summed E-state index contributed by atoms with van der Waals surface area (Å²) in [6.45, 7) is 7.20. The first-order chi connectivity index (χ1) is 11.1. The molecule has 0 radical (unpaired) electrons. The van der Waals surface area contributed by atoms with Crippen molar-refractivity contribution < 1.29 is 18.9 Å². The summed E-state index contributed by atoms with van der Waals surface area (Å²) in [7, 11) is 1.68. The Balaban J connectivity index is 1.98. The molecule has 0 aromatic heterocycles. The van der Waals surface area contributed by atoms with Crippen LogP contribution in [0.25, 0.3) is 0 Å². The Labute approximate surface area is 136 Å². The molecule has 1 aliphatic heterocycles. The molecule has 1 atom stereocenters. The number of hydrogen-bond acceptors (Lipinski definition) is 4. The molecule has 0 spiro atoms. The maximum atomic E-state index is 5.57. The van der Waals surface area contributed by atoms with Crippen molar-refractivity contribution in [1.29, 1.82) is 0 Å². The molecule has 1 heterocycles. The number of methoxy groups -OCH3 is 1. The zero-order chi connectivity index (χ0) is 16.4. The predicted molar refractivity (Wildman–Crippen MR) is 89.0 cm³/mol. The molecule has 3 rings (SSSR count). The Hall–Kier alpha value is -2.36. The molecule has 0 saturated carbocycles. The van der Waals surface area contributed by atoms with Gasteiger partial charge < -0.3 is 18.9 Å². The van der Waals surface area contributed by atoms with Gasteiger partial charge in [0.1, 0.15) is 11.5 Å². The van der Waals surface area contributed by atoms with Gasteiger partial charge in [-0.05, 0) is 43.2 Å². The molecule has 0 bridgehead atoms. The molecular formula is C19H22O4. The second-order valence-electron chi connectivity index (χ2n) is 5.62. The zero-order valence-corrected chi connectivity index (χ0v) is 14.0. The molecule has 2 aromatic rings. The molecular weight excluding hydrogens is 292 g/mol. The minimum atomic E-state index is 0.176. The number of fused-ring (bicyclic) bond motifs is 1. The van der Waals surface area contributed by atoms with E-state index < -0.39 is 0 Å². The number of aryl methyl sites for hydroxylation is 1. The molecule has 0 fully saturated rings. The Morgan fingerprint density at radius 1 is 1.09 bits per heavy atom. The maximum Gasteiger partial charge on any atom is 0.231 e. The van der Waals surface area contributed by atoms with Crippen molar-refractivity contribution in [3.63, 3.8) is 0 Å². The van der Waals surface area contributed by atoms with Crippen molar-refractivity contribution in [2.24, 2.45) is 0 Å². The lowest BCUT2D eigenvalue weighted by Gasteiger charge is -2.19. The van der Waals surface area contributed by atoms with E-state index >= 15 is 0 Å². The highest BCUT2D eigenvalue weighted by atomic mass is 16.7. The number of hydrogen-bond donors (Lipinski definition) is 0. The normalized spacial score (nSPS) is 13.7. The van der Waals surface area contributed by atoms with Gasteiger partial charge in [-0.15, -0.1) is 0 Å². The summed E-state index contributed by atoms with van der Waals surface area (Å²) in [6, 6.07) is 10.1. The fourth-order valence-electron chi connectivity index (χ4n) is 3.01. The number of benzene rings is 2. The first-order valence-electron chi connectivity index (χ1n) is 7.85. The Kier molecular flexibility index (Phi) is 4.33. The minimum Gasteiger partial charge on any atom is -0.496 e. The molecule has 122 valence electrons. The smallest absolute Gasteiger partial charge is 0.231 e. The molecule has 0 amide bonds. The van der Waals surface area contributed by atoms with E-state index in [1.165, 1.54) is 11.1 Å². The Morgan fingerprint density at radius 3 is 2.48 bits per heavy atom. The highest BCUT2D eigenvalue weighted by Gasteiger charge is 2.22. The highest BCUT2D eigenvalue weighted by molar-refractivity contribution is 5.55. The number of rotatable bonds is 5. The molecule has 23 heavy (non-hydrogen) atoms. The summed E-state index contributed by atoms with van der Waals surface area (Å²) < 4.78 is 22.1. The van der Waals surface area contributed by atoms with Crippen LogP contribution in [0, 0.1) is 6.92 Å². The van der Waals surface area contributed by atoms with Gasteiger partial charge >= 0.3 is 0 Å². The van der Waals surface area contributed by atoms with Gasteiger partial charge in [0.25, 0.3) is 0 Å². The largest absolute Gasteiger partial charge is 0.496 e. The van der Waals surface area contributed by atoms with Crippen LogP contribution in [0.3, 0.4) is 0 Å². The van der Waals surface area contributed by atoms with Crippen molar-refractivity contribution in [1.82, 2.24) is 0 Å². The van der Waals surface area contributed by atoms with Crippen molar-refractivity contribution in [3.8, 4) is 23.0 Å². The summed E-state index contributed by atoms with van der Waals surface area (Å²) in [4.78, 5) is 0. The average Bonchev–Trinajstić information content (AvgIpc) is 3.00. The fraction of sp³-hybridized carbons (Fsp3) is 0.368. The van der Waals surface area contributed by atoms with Gasteiger partial charge in [-0.1, -0.05) is 13.0 Å². The molecule has 0 unspecified atom stereocenters. The van der Waals surface area contributed by atoms with Gasteiger partial charge in [0.15, 0.2) is 11.5 Å². The fourth-order valence-corrected chi connectivity index (χ4v) is 3.01. The van der Waals surface area contributed by atoms with E-state index in [1.807, 2.05) is 25.1 Å². The van der Waals surface area contributed by atoms with Gasteiger partial charge in [-0.25, -0.2) is 0 Å². The van der Waals surface area contributed by atoms with Gasteiger partial charge in [0.2, 0.25) is 6.79 Å². The molecule has 4 heteroatoms. The van der Waals surface area contributed by atoms with Crippen molar-refractivity contribution in [3.05, 3.63) is 47.0 Å². The third-order valence-electron chi connectivity index (χ3n) is 4.21. The first-order valence-corrected chi connectivity index (χ1v) is 7.85. The lowest BCUT2D eigenvalue weighted by atomic mass is 9.89. The van der Waals surface area contributed by atoms with Crippen LogP contribution < -0.4 is 18.9 Å². The topological polar surface area (TPSA) is 36.9 Å². The lowest BCUT2D eigenvalue weighted by Crippen LogP contribution is -2.02. The highest BCUT2D eigenvalue weighted by Crippen LogP contribution is 2.43. The van der Waals surface area contributed by atoms with Crippen LogP contribution in [0.2, 0.25) is 0 Å². The summed E-state index contributed by atoms with van der Waals surface area (Å²) in [6.07, 6.45) is 0. The van der Waals surface area contributed by atoms with Crippen LogP contribution in [0.1, 0.15) is 36.5 Å².